The molecule has 15 heavy (non-hydrogen) atoms. The number of nitrogens with one attached hydrogen (secondary N) is 1. The van der Waals surface area contributed by atoms with Crippen LogP contribution in [0.4, 0.5) is 0 Å². The Morgan fingerprint density at radius 1 is 1.53 bits per heavy atom. The Kier molecular flexibility index (Phi) is 4.58. The molecule has 3 heteroatoms. The lowest BCUT2D eigenvalue weighted by atomic mass is 10.0. The van der Waals surface area contributed by atoms with Crippen LogP contribution in [0.25, 0.3) is 0 Å². The van der Waals surface area contributed by atoms with E-state index in [9.17, 15) is 0 Å². The number of ether oxygens (including phenoxy) is 1. The molecule has 1 saturated carbocycles. The van der Waals surface area contributed by atoms with Crippen LogP contribution in [-0.4, -0.2) is 19.0 Å². The van der Waals surface area contributed by atoms with Crippen molar-refractivity contribution in [1.82, 2.24) is 0 Å². The van der Waals surface area contributed by atoms with E-state index < -0.39 is 0 Å². The fourth-order valence-electron chi connectivity index (χ4n) is 2.01. The summed E-state index contributed by atoms with van der Waals surface area (Å²) in [5.41, 5.74) is 5.66. The molecule has 88 valence electrons. The second kappa shape index (κ2) is 5.50. The summed E-state index contributed by atoms with van der Waals surface area (Å²) < 4.78 is 5.72. The van der Waals surface area contributed by atoms with Gasteiger partial charge in [-0.2, -0.15) is 0 Å². The molecular weight excluding hydrogens is 188 g/mol. The highest BCUT2D eigenvalue weighted by atomic mass is 16.5. The molecule has 0 amide bonds. The van der Waals surface area contributed by atoms with E-state index in [0.29, 0.717) is 11.8 Å². The Morgan fingerprint density at radius 3 is 2.67 bits per heavy atom. The second-order valence-corrected chi connectivity index (χ2v) is 5.11. The zero-order chi connectivity index (χ0) is 11.3. The Morgan fingerprint density at radius 2 is 2.20 bits per heavy atom. The van der Waals surface area contributed by atoms with Crippen molar-refractivity contribution < 1.29 is 4.74 Å². The first-order chi connectivity index (χ1) is 7.08. The standard InChI is InChI=1S/C12H24N2O/c1-3-4-10(2)8-15-9-12(5-6-12)7-11(13)14/h10H,3-9H2,1-2H3,(H3,13,14). The summed E-state index contributed by atoms with van der Waals surface area (Å²) in [6.07, 6.45) is 5.53. The van der Waals surface area contributed by atoms with Gasteiger partial charge in [-0.25, -0.2) is 0 Å². The van der Waals surface area contributed by atoms with E-state index in [4.69, 9.17) is 15.9 Å². The third-order valence-corrected chi connectivity index (χ3v) is 3.11. The lowest BCUT2D eigenvalue weighted by molar-refractivity contribution is 0.0671. The van der Waals surface area contributed by atoms with E-state index in [1.807, 2.05) is 0 Å². The maximum absolute atomic E-state index is 7.30. The SMILES string of the molecule is CCCC(C)COCC1(CC(=N)N)CC1. The molecule has 1 atom stereocenters. The van der Waals surface area contributed by atoms with Gasteiger partial charge in [-0.1, -0.05) is 20.3 Å². The van der Waals surface area contributed by atoms with E-state index in [0.717, 1.165) is 19.6 Å². The van der Waals surface area contributed by atoms with Crippen LogP contribution in [0, 0.1) is 16.7 Å². The summed E-state index contributed by atoms with van der Waals surface area (Å²) in [7, 11) is 0. The molecule has 1 rings (SSSR count). The number of hydrogen-bond donors (Lipinski definition) is 2. The van der Waals surface area contributed by atoms with Crippen molar-refractivity contribution in [2.24, 2.45) is 17.1 Å². The average Bonchev–Trinajstić information content (AvgIpc) is 2.84. The van der Waals surface area contributed by atoms with Crippen molar-refractivity contribution in [3.8, 4) is 0 Å². The third kappa shape index (κ3) is 4.65. The van der Waals surface area contributed by atoms with Crippen LogP contribution in [0.3, 0.4) is 0 Å². The Labute approximate surface area is 92.9 Å². The average molecular weight is 212 g/mol. The van der Waals surface area contributed by atoms with Crippen LogP contribution < -0.4 is 5.73 Å². The maximum Gasteiger partial charge on any atom is 0.0911 e. The first-order valence-electron chi connectivity index (χ1n) is 5.98. The molecule has 1 unspecified atom stereocenters. The number of amidine groups is 1. The minimum absolute atomic E-state index is 0.234. The van der Waals surface area contributed by atoms with Gasteiger partial charge >= 0.3 is 0 Å². The summed E-state index contributed by atoms with van der Waals surface area (Å²) >= 11 is 0. The first kappa shape index (κ1) is 12.5. The molecule has 0 spiro atoms. The van der Waals surface area contributed by atoms with E-state index in [2.05, 4.69) is 13.8 Å². The zero-order valence-electron chi connectivity index (χ0n) is 10.0. The fourth-order valence-corrected chi connectivity index (χ4v) is 2.01. The molecular formula is C12H24N2O. The van der Waals surface area contributed by atoms with E-state index in [1.54, 1.807) is 0 Å². The van der Waals surface area contributed by atoms with E-state index >= 15 is 0 Å². The van der Waals surface area contributed by atoms with E-state index in [1.165, 1.54) is 25.7 Å². The topological polar surface area (TPSA) is 59.1 Å². The molecule has 1 fully saturated rings. The molecule has 0 aromatic rings. The van der Waals surface area contributed by atoms with Gasteiger partial charge in [-0.3, -0.25) is 5.41 Å². The molecule has 0 aromatic heterocycles. The summed E-state index contributed by atoms with van der Waals surface area (Å²) in [6, 6.07) is 0. The van der Waals surface area contributed by atoms with Crippen molar-refractivity contribution in [2.45, 2.75) is 46.0 Å². The molecule has 1 aliphatic carbocycles. The van der Waals surface area contributed by atoms with Crippen molar-refractivity contribution in [1.29, 1.82) is 5.41 Å². The predicted octanol–water partition coefficient (Wildman–Crippen LogP) is 2.55. The van der Waals surface area contributed by atoms with Gasteiger partial charge in [-0.15, -0.1) is 0 Å². The van der Waals surface area contributed by atoms with Gasteiger partial charge in [0.2, 0.25) is 0 Å². The van der Waals surface area contributed by atoms with Crippen molar-refractivity contribution in [2.75, 3.05) is 13.2 Å². The predicted molar refractivity (Wildman–Crippen MR) is 63.1 cm³/mol. The highest BCUT2D eigenvalue weighted by Crippen LogP contribution is 2.48. The molecule has 0 heterocycles. The van der Waals surface area contributed by atoms with Gasteiger partial charge in [0.25, 0.3) is 0 Å². The fraction of sp³-hybridized carbons (Fsp3) is 0.917. The highest BCUT2D eigenvalue weighted by molar-refractivity contribution is 5.78. The van der Waals surface area contributed by atoms with Gasteiger partial charge in [0, 0.05) is 18.4 Å². The van der Waals surface area contributed by atoms with Crippen molar-refractivity contribution in [3.05, 3.63) is 0 Å². The quantitative estimate of drug-likeness (QED) is 0.480. The van der Waals surface area contributed by atoms with Gasteiger partial charge in [-0.05, 0) is 25.2 Å². The first-order valence-corrected chi connectivity index (χ1v) is 5.98. The largest absolute Gasteiger partial charge is 0.388 e. The van der Waals surface area contributed by atoms with Crippen LogP contribution in [0.15, 0.2) is 0 Å². The molecule has 3 N–H and O–H groups in total. The van der Waals surface area contributed by atoms with Crippen molar-refractivity contribution >= 4 is 5.84 Å². The second-order valence-electron chi connectivity index (χ2n) is 5.11. The molecule has 1 aliphatic rings. The third-order valence-electron chi connectivity index (χ3n) is 3.11. The number of hydrogen-bond acceptors (Lipinski definition) is 2. The molecule has 0 bridgehead atoms. The smallest absolute Gasteiger partial charge is 0.0911 e. The number of rotatable bonds is 8. The van der Waals surface area contributed by atoms with Crippen LogP contribution in [-0.2, 0) is 4.74 Å². The van der Waals surface area contributed by atoms with Crippen LogP contribution in [0.5, 0.6) is 0 Å². The maximum atomic E-state index is 7.30. The Balaban J connectivity index is 2.12. The van der Waals surface area contributed by atoms with Crippen LogP contribution in [0.1, 0.15) is 46.0 Å². The monoisotopic (exact) mass is 212 g/mol. The molecule has 0 saturated heterocycles. The van der Waals surface area contributed by atoms with Gasteiger partial charge in [0.05, 0.1) is 12.4 Å². The lowest BCUT2D eigenvalue weighted by Gasteiger charge is -2.16. The summed E-state index contributed by atoms with van der Waals surface area (Å²) in [5.74, 6) is 0.959. The van der Waals surface area contributed by atoms with Gasteiger partial charge in [0.1, 0.15) is 0 Å². The zero-order valence-corrected chi connectivity index (χ0v) is 10.0. The molecule has 0 aromatic carbocycles. The number of nitrogens with two attached hydrogens (primary N) is 1. The van der Waals surface area contributed by atoms with Gasteiger partial charge < -0.3 is 10.5 Å². The minimum Gasteiger partial charge on any atom is -0.388 e. The molecule has 0 radical (unpaired) electrons. The molecule has 0 aliphatic heterocycles. The summed E-state index contributed by atoms with van der Waals surface area (Å²) in [6.45, 7) is 6.08. The minimum atomic E-state index is 0.234. The molecule has 3 nitrogen and oxygen atoms in total. The van der Waals surface area contributed by atoms with Crippen LogP contribution in [0.2, 0.25) is 0 Å². The van der Waals surface area contributed by atoms with Crippen LogP contribution >= 0.6 is 0 Å². The van der Waals surface area contributed by atoms with Gasteiger partial charge in [0.15, 0.2) is 0 Å². The normalized spacial score (nSPS) is 19.9. The van der Waals surface area contributed by atoms with Crippen molar-refractivity contribution in [3.63, 3.8) is 0 Å². The summed E-state index contributed by atoms with van der Waals surface area (Å²) in [4.78, 5) is 0. The Bertz CT molecular complexity index is 212. The lowest BCUT2D eigenvalue weighted by Crippen LogP contribution is -2.21. The summed E-state index contributed by atoms with van der Waals surface area (Å²) in [5, 5.41) is 7.30. The Hall–Kier alpha value is -0.570. The van der Waals surface area contributed by atoms with E-state index in [-0.39, 0.29) is 5.41 Å². The highest BCUT2D eigenvalue weighted by Gasteiger charge is 2.43.